The number of rotatable bonds is 9. The van der Waals surface area contributed by atoms with Gasteiger partial charge < -0.3 is 14.8 Å². The van der Waals surface area contributed by atoms with Gasteiger partial charge in [-0.1, -0.05) is 26.0 Å². The molecule has 8 heteroatoms. The first kappa shape index (κ1) is 23.0. The molecule has 3 rings (SSSR count). The fourth-order valence-electron chi connectivity index (χ4n) is 3.00. The molecule has 0 saturated heterocycles. The smallest absolute Gasteiger partial charge is 0.280 e. The lowest BCUT2D eigenvalue weighted by Crippen LogP contribution is -2.27. The number of nitrogens with one attached hydrogen (secondary N) is 1. The molecule has 168 valence electrons. The zero-order valence-electron chi connectivity index (χ0n) is 18.4. The van der Waals surface area contributed by atoms with Crippen LogP contribution in [0, 0.1) is 12.7 Å². The fourth-order valence-corrected chi connectivity index (χ4v) is 3.00. The Bertz CT molecular complexity index is 1160. The second kappa shape index (κ2) is 10.6. The average molecular weight is 439 g/mol. The van der Waals surface area contributed by atoms with E-state index in [9.17, 15) is 14.0 Å². The van der Waals surface area contributed by atoms with Gasteiger partial charge in [-0.25, -0.2) is 9.07 Å². The summed E-state index contributed by atoms with van der Waals surface area (Å²) >= 11 is 0. The maximum absolute atomic E-state index is 14.2. The molecule has 1 N–H and O–H groups in total. The average Bonchev–Trinajstić information content (AvgIpc) is 2.77. The molecule has 0 radical (unpaired) electrons. The van der Waals surface area contributed by atoms with Crippen molar-refractivity contribution in [3.8, 4) is 17.2 Å². The monoisotopic (exact) mass is 439 g/mol. The molecule has 7 nitrogen and oxygen atoms in total. The topological polar surface area (TPSA) is 82.5 Å². The second-order valence-electron chi connectivity index (χ2n) is 7.17. The van der Waals surface area contributed by atoms with Crippen LogP contribution < -0.4 is 20.2 Å². The number of hydrogen-bond acceptors (Lipinski definition) is 5. The summed E-state index contributed by atoms with van der Waals surface area (Å²) in [4.78, 5) is 25.3. The maximum atomic E-state index is 14.2. The van der Waals surface area contributed by atoms with E-state index in [1.807, 2.05) is 13.8 Å². The molecular weight excluding hydrogens is 413 g/mol. The summed E-state index contributed by atoms with van der Waals surface area (Å²) in [6, 6.07) is 12.3. The van der Waals surface area contributed by atoms with Gasteiger partial charge in [-0.15, -0.1) is 0 Å². The Morgan fingerprint density at radius 3 is 2.41 bits per heavy atom. The molecule has 3 aromatic rings. The highest BCUT2D eigenvalue weighted by Crippen LogP contribution is 2.31. The number of aromatic nitrogens is 2. The van der Waals surface area contributed by atoms with E-state index in [4.69, 9.17) is 9.47 Å². The number of nitrogens with zero attached hydrogens (tertiary/aromatic N) is 2. The van der Waals surface area contributed by atoms with Crippen LogP contribution in [0.4, 0.5) is 10.1 Å². The van der Waals surface area contributed by atoms with Gasteiger partial charge in [-0.05, 0) is 44.0 Å². The van der Waals surface area contributed by atoms with E-state index in [2.05, 4.69) is 10.4 Å². The van der Waals surface area contributed by atoms with Crippen LogP contribution in [0.15, 0.2) is 53.3 Å². The van der Waals surface area contributed by atoms with Crippen LogP contribution in [0.2, 0.25) is 0 Å². The molecule has 0 bridgehead atoms. The highest BCUT2D eigenvalue weighted by molar-refractivity contribution is 6.02. The number of aryl methyl sites for hydroxylation is 1. The summed E-state index contributed by atoms with van der Waals surface area (Å²) < 4.78 is 26.9. The van der Waals surface area contributed by atoms with Crippen LogP contribution in [-0.2, 0) is 0 Å². The number of anilines is 1. The van der Waals surface area contributed by atoms with Gasteiger partial charge in [0, 0.05) is 23.5 Å². The van der Waals surface area contributed by atoms with Gasteiger partial charge in [0.15, 0.2) is 17.2 Å². The van der Waals surface area contributed by atoms with Gasteiger partial charge in [-0.2, -0.15) is 5.10 Å². The largest absolute Gasteiger partial charge is 0.490 e. The van der Waals surface area contributed by atoms with E-state index < -0.39 is 17.2 Å². The maximum Gasteiger partial charge on any atom is 0.280 e. The van der Waals surface area contributed by atoms with Gasteiger partial charge in [0.1, 0.15) is 11.5 Å². The van der Waals surface area contributed by atoms with Crippen LogP contribution >= 0.6 is 0 Å². The Balaban J connectivity index is 1.91. The molecule has 0 aliphatic rings. The van der Waals surface area contributed by atoms with Gasteiger partial charge in [0.05, 0.1) is 13.2 Å². The molecule has 0 fully saturated rings. The minimum Gasteiger partial charge on any atom is -0.490 e. The van der Waals surface area contributed by atoms with Crippen LogP contribution in [0.5, 0.6) is 11.5 Å². The number of para-hydroxylation sites is 1. The molecule has 1 aromatic heterocycles. The number of carbonyl (C=O) groups is 1. The number of hydrogen-bond donors (Lipinski definition) is 1. The summed E-state index contributed by atoms with van der Waals surface area (Å²) in [5, 5.41) is 6.79. The fraction of sp³-hybridized carbons (Fsp3) is 0.292. The van der Waals surface area contributed by atoms with Crippen LogP contribution in [0.1, 0.15) is 42.9 Å². The van der Waals surface area contributed by atoms with Gasteiger partial charge in [0.2, 0.25) is 5.43 Å². The quantitative estimate of drug-likeness (QED) is 0.530. The molecule has 0 atom stereocenters. The Kier molecular flexibility index (Phi) is 7.59. The number of halogens is 1. The van der Waals surface area contributed by atoms with Crippen molar-refractivity contribution in [2.45, 2.75) is 33.6 Å². The lowest BCUT2D eigenvalue weighted by molar-refractivity contribution is 0.101. The molecule has 0 unspecified atom stereocenters. The molecule has 1 amide bonds. The summed E-state index contributed by atoms with van der Waals surface area (Å²) in [5.41, 5.74) is 0.0688. The lowest BCUT2D eigenvalue weighted by atomic mass is 10.2. The first-order valence-electron chi connectivity index (χ1n) is 10.5. The molecule has 0 aliphatic heterocycles. The normalized spacial score (nSPS) is 10.6. The third kappa shape index (κ3) is 5.32. The third-order valence-electron chi connectivity index (χ3n) is 4.53. The number of ether oxygens (including phenoxy) is 2. The van der Waals surface area contributed by atoms with Crippen molar-refractivity contribution in [1.29, 1.82) is 0 Å². The predicted octanol–water partition coefficient (Wildman–Crippen LogP) is 4.51. The van der Waals surface area contributed by atoms with Gasteiger partial charge in [-0.3, -0.25) is 9.59 Å². The zero-order chi connectivity index (χ0) is 23.1. The first-order valence-corrected chi connectivity index (χ1v) is 10.5. The van der Waals surface area contributed by atoms with E-state index in [0.29, 0.717) is 36.1 Å². The Morgan fingerprint density at radius 2 is 1.72 bits per heavy atom. The van der Waals surface area contributed by atoms with E-state index in [-0.39, 0.29) is 11.4 Å². The van der Waals surface area contributed by atoms with Gasteiger partial charge >= 0.3 is 0 Å². The summed E-state index contributed by atoms with van der Waals surface area (Å²) in [6.45, 7) is 6.64. The molecule has 0 aliphatic carbocycles. The molecule has 0 saturated carbocycles. The Hall–Kier alpha value is -3.68. The first-order chi connectivity index (χ1) is 15.4. The van der Waals surface area contributed by atoms with Crippen molar-refractivity contribution >= 4 is 11.6 Å². The minimum atomic E-state index is -0.705. The minimum absolute atomic E-state index is 0.145. The lowest BCUT2D eigenvalue weighted by Gasteiger charge is -2.14. The molecular formula is C24H26FN3O4. The number of carbonyl (C=O) groups excluding carboxylic acids is 1. The molecule has 2 aromatic carbocycles. The van der Waals surface area contributed by atoms with E-state index in [1.165, 1.54) is 22.9 Å². The summed E-state index contributed by atoms with van der Waals surface area (Å²) in [7, 11) is 0. The van der Waals surface area contributed by atoms with Crippen molar-refractivity contribution in [1.82, 2.24) is 9.78 Å². The highest BCUT2D eigenvalue weighted by Gasteiger charge is 2.18. The van der Waals surface area contributed by atoms with Crippen LogP contribution in [-0.4, -0.2) is 28.9 Å². The number of benzene rings is 2. The highest BCUT2D eigenvalue weighted by atomic mass is 19.1. The van der Waals surface area contributed by atoms with Crippen molar-refractivity contribution in [3.05, 3.63) is 76.0 Å². The van der Waals surface area contributed by atoms with E-state index in [0.717, 1.165) is 12.8 Å². The summed E-state index contributed by atoms with van der Waals surface area (Å²) in [5.74, 6) is -0.144. The summed E-state index contributed by atoms with van der Waals surface area (Å²) in [6.07, 6.45) is 1.66. The molecule has 32 heavy (non-hydrogen) atoms. The van der Waals surface area contributed by atoms with Crippen LogP contribution in [0.3, 0.4) is 0 Å². The standard InChI is InChI=1S/C24H26FN3O4/c1-4-12-31-21-11-10-17(15-22(21)32-13-5-2)26-24(30)23-20(29)14-16(3)28(27-23)19-9-7-6-8-18(19)25/h6-11,14-15H,4-5,12-13H2,1-3H3,(H,26,30). The second-order valence-corrected chi connectivity index (χ2v) is 7.17. The Labute approximate surface area is 185 Å². The SMILES string of the molecule is CCCOc1ccc(NC(=O)c2nn(-c3ccccc3F)c(C)cc2=O)cc1OCCC. The van der Waals surface area contributed by atoms with Crippen molar-refractivity contribution in [3.63, 3.8) is 0 Å². The number of amides is 1. The molecule has 1 heterocycles. The predicted molar refractivity (Wildman–Crippen MR) is 120 cm³/mol. The van der Waals surface area contributed by atoms with Crippen LogP contribution in [0.25, 0.3) is 5.69 Å². The van der Waals surface area contributed by atoms with Crippen molar-refractivity contribution < 1.29 is 18.7 Å². The van der Waals surface area contributed by atoms with Crippen molar-refractivity contribution in [2.75, 3.05) is 18.5 Å². The van der Waals surface area contributed by atoms with Gasteiger partial charge in [0.25, 0.3) is 5.91 Å². The van der Waals surface area contributed by atoms with E-state index >= 15 is 0 Å². The zero-order valence-corrected chi connectivity index (χ0v) is 18.4. The van der Waals surface area contributed by atoms with E-state index in [1.54, 1.807) is 37.3 Å². The van der Waals surface area contributed by atoms with Crippen molar-refractivity contribution in [2.24, 2.45) is 0 Å². The Morgan fingerprint density at radius 1 is 1.03 bits per heavy atom. The third-order valence-corrected chi connectivity index (χ3v) is 4.53. The molecule has 0 spiro atoms.